The number of nitrogens with one attached hydrogen (secondary N) is 2. The van der Waals surface area contributed by atoms with Crippen LogP contribution in [0.15, 0.2) is 42.5 Å². The van der Waals surface area contributed by atoms with Gasteiger partial charge in [0.1, 0.15) is 11.5 Å². The van der Waals surface area contributed by atoms with Crippen LogP contribution in [-0.2, 0) is 13.0 Å². The van der Waals surface area contributed by atoms with Crippen LogP contribution in [0.1, 0.15) is 28.5 Å². The SMILES string of the molecule is CCc1ccccc1CNC(=O)c1cccc(NN)n1. The molecule has 0 radical (unpaired) electrons. The summed E-state index contributed by atoms with van der Waals surface area (Å²) in [6.07, 6.45) is 0.941. The van der Waals surface area contributed by atoms with E-state index in [2.05, 4.69) is 28.7 Å². The van der Waals surface area contributed by atoms with E-state index in [1.165, 1.54) is 5.56 Å². The normalized spacial score (nSPS) is 10.1. The number of nitrogens with two attached hydrogens (primary N) is 1. The highest BCUT2D eigenvalue weighted by atomic mass is 16.1. The molecule has 5 heteroatoms. The highest BCUT2D eigenvalue weighted by molar-refractivity contribution is 5.92. The van der Waals surface area contributed by atoms with Crippen LogP contribution in [0.2, 0.25) is 0 Å². The summed E-state index contributed by atoms with van der Waals surface area (Å²) in [6, 6.07) is 13.1. The van der Waals surface area contributed by atoms with Crippen molar-refractivity contribution in [1.29, 1.82) is 0 Å². The average Bonchev–Trinajstić information content (AvgIpc) is 2.52. The summed E-state index contributed by atoms with van der Waals surface area (Å²) >= 11 is 0. The molecule has 0 saturated heterocycles. The van der Waals surface area contributed by atoms with Crippen molar-refractivity contribution in [2.75, 3.05) is 5.43 Å². The van der Waals surface area contributed by atoms with Gasteiger partial charge in [-0.15, -0.1) is 0 Å². The number of rotatable bonds is 5. The van der Waals surface area contributed by atoms with Crippen LogP contribution in [0.5, 0.6) is 0 Å². The van der Waals surface area contributed by atoms with Crippen molar-refractivity contribution >= 4 is 11.7 Å². The Morgan fingerprint density at radius 3 is 2.60 bits per heavy atom. The molecular formula is C15H18N4O. The molecule has 0 aliphatic heterocycles. The van der Waals surface area contributed by atoms with Crippen LogP contribution in [0.3, 0.4) is 0 Å². The minimum Gasteiger partial charge on any atom is -0.347 e. The molecule has 0 aliphatic carbocycles. The summed E-state index contributed by atoms with van der Waals surface area (Å²) in [4.78, 5) is 16.1. The number of aryl methyl sites for hydroxylation is 1. The van der Waals surface area contributed by atoms with Crippen LogP contribution in [-0.4, -0.2) is 10.9 Å². The quantitative estimate of drug-likeness (QED) is 0.572. The van der Waals surface area contributed by atoms with Gasteiger partial charge in [0.05, 0.1) is 0 Å². The minimum atomic E-state index is -0.215. The topological polar surface area (TPSA) is 80.0 Å². The van der Waals surface area contributed by atoms with Gasteiger partial charge < -0.3 is 10.7 Å². The molecule has 1 heterocycles. The Kier molecular flexibility index (Phi) is 4.68. The third-order valence-corrected chi connectivity index (χ3v) is 3.07. The van der Waals surface area contributed by atoms with Crippen LogP contribution in [0.4, 0.5) is 5.82 Å². The molecule has 1 amide bonds. The second kappa shape index (κ2) is 6.68. The molecule has 5 nitrogen and oxygen atoms in total. The van der Waals surface area contributed by atoms with E-state index in [0.29, 0.717) is 18.1 Å². The predicted molar refractivity (Wildman–Crippen MR) is 79.0 cm³/mol. The molecule has 2 rings (SSSR count). The summed E-state index contributed by atoms with van der Waals surface area (Å²) < 4.78 is 0. The molecule has 104 valence electrons. The maximum Gasteiger partial charge on any atom is 0.270 e. The number of carbonyl (C=O) groups is 1. The van der Waals surface area contributed by atoms with Crippen molar-refractivity contribution in [2.45, 2.75) is 19.9 Å². The Morgan fingerprint density at radius 1 is 1.15 bits per heavy atom. The van der Waals surface area contributed by atoms with E-state index in [-0.39, 0.29) is 5.91 Å². The second-order valence-corrected chi connectivity index (χ2v) is 4.36. The zero-order valence-electron chi connectivity index (χ0n) is 11.4. The first-order chi connectivity index (χ1) is 9.74. The van der Waals surface area contributed by atoms with E-state index >= 15 is 0 Å². The first-order valence-electron chi connectivity index (χ1n) is 6.53. The summed E-state index contributed by atoms with van der Waals surface area (Å²) in [5.74, 6) is 5.53. The third kappa shape index (κ3) is 3.33. The third-order valence-electron chi connectivity index (χ3n) is 3.07. The van der Waals surface area contributed by atoms with Crippen LogP contribution >= 0.6 is 0 Å². The molecule has 1 aromatic heterocycles. The fourth-order valence-corrected chi connectivity index (χ4v) is 1.98. The van der Waals surface area contributed by atoms with Gasteiger partial charge in [-0.1, -0.05) is 37.3 Å². The molecular weight excluding hydrogens is 252 g/mol. The second-order valence-electron chi connectivity index (χ2n) is 4.36. The highest BCUT2D eigenvalue weighted by Crippen LogP contribution is 2.09. The Morgan fingerprint density at radius 2 is 1.90 bits per heavy atom. The molecule has 0 spiro atoms. The van der Waals surface area contributed by atoms with Crippen LogP contribution < -0.4 is 16.6 Å². The smallest absolute Gasteiger partial charge is 0.270 e. The fourth-order valence-electron chi connectivity index (χ4n) is 1.98. The van der Waals surface area contributed by atoms with E-state index in [1.807, 2.05) is 18.2 Å². The minimum absolute atomic E-state index is 0.215. The van der Waals surface area contributed by atoms with Crippen molar-refractivity contribution < 1.29 is 4.79 Å². The number of pyridine rings is 1. The number of anilines is 1. The van der Waals surface area contributed by atoms with E-state index < -0.39 is 0 Å². The van der Waals surface area contributed by atoms with Gasteiger partial charge in [-0.25, -0.2) is 10.8 Å². The lowest BCUT2D eigenvalue weighted by Crippen LogP contribution is -2.24. The number of amides is 1. The molecule has 0 saturated carbocycles. The Bertz CT molecular complexity index is 598. The molecule has 0 atom stereocenters. The van der Waals surface area contributed by atoms with E-state index in [1.54, 1.807) is 18.2 Å². The fraction of sp³-hybridized carbons (Fsp3) is 0.200. The lowest BCUT2D eigenvalue weighted by Gasteiger charge is -2.09. The molecule has 2 aromatic rings. The number of nitrogen functional groups attached to an aromatic ring is 1. The van der Waals surface area contributed by atoms with Gasteiger partial charge in [0.15, 0.2) is 0 Å². The van der Waals surface area contributed by atoms with E-state index in [4.69, 9.17) is 5.84 Å². The number of benzene rings is 1. The first-order valence-corrected chi connectivity index (χ1v) is 6.53. The number of aromatic nitrogens is 1. The highest BCUT2D eigenvalue weighted by Gasteiger charge is 2.08. The first kappa shape index (κ1) is 14.0. The molecule has 4 N–H and O–H groups in total. The maximum absolute atomic E-state index is 12.0. The number of hydrogen-bond acceptors (Lipinski definition) is 4. The lowest BCUT2D eigenvalue weighted by atomic mass is 10.1. The van der Waals surface area contributed by atoms with Gasteiger partial charge in [-0.2, -0.15) is 0 Å². The predicted octanol–water partition coefficient (Wildman–Crippen LogP) is 1.86. The molecule has 0 unspecified atom stereocenters. The monoisotopic (exact) mass is 270 g/mol. The molecule has 0 bridgehead atoms. The van der Waals surface area contributed by atoms with Gasteiger partial charge in [0.2, 0.25) is 0 Å². The lowest BCUT2D eigenvalue weighted by molar-refractivity contribution is 0.0946. The van der Waals surface area contributed by atoms with Gasteiger partial charge in [0.25, 0.3) is 5.91 Å². The largest absolute Gasteiger partial charge is 0.347 e. The van der Waals surface area contributed by atoms with Gasteiger partial charge in [-0.3, -0.25) is 4.79 Å². The van der Waals surface area contributed by atoms with Crippen LogP contribution in [0, 0.1) is 0 Å². The average molecular weight is 270 g/mol. The van der Waals surface area contributed by atoms with Gasteiger partial charge >= 0.3 is 0 Å². The van der Waals surface area contributed by atoms with Crippen molar-refractivity contribution in [2.24, 2.45) is 5.84 Å². The number of carbonyl (C=O) groups excluding carboxylic acids is 1. The molecule has 1 aromatic carbocycles. The van der Waals surface area contributed by atoms with Crippen molar-refractivity contribution in [1.82, 2.24) is 10.3 Å². The Balaban J connectivity index is 2.04. The Hall–Kier alpha value is -2.40. The number of hydrazine groups is 1. The Labute approximate surface area is 118 Å². The standard InChI is InChI=1S/C15H18N4O/c1-2-11-6-3-4-7-12(11)10-17-15(20)13-8-5-9-14(18-13)19-16/h3-9H,2,10,16H2,1H3,(H,17,20)(H,18,19). The summed E-state index contributed by atoms with van der Waals surface area (Å²) in [7, 11) is 0. The van der Waals surface area contributed by atoms with Gasteiger partial charge in [-0.05, 0) is 29.7 Å². The molecule has 20 heavy (non-hydrogen) atoms. The number of nitrogens with zero attached hydrogens (tertiary/aromatic N) is 1. The zero-order chi connectivity index (χ0) is 14.4. The maximum atomic E-state index is 12.0. The van der Waals surface area contributed by atoms with Crippen molar-refractivity contribution in [3.05, 3.63) is 59.3 Å². The number of hydrogen-bond donors (Lipinski definition) is 3. The van der Waals surface area contributed by atoms with Crippen molar-refractivity contribution in [3.63, 3.8) is 0 Å². The summed E-state index contributed by atoms with van der Waals surface area (Å²) in [6.45, 7) is 2.59. The summed E-state index contributed by atoms with van der Waals surface area (Å²) in [5.41, 5.74) is 5.12. The van der Waals surface area contributed by atoms with Crippen molar-refractivity contribution in [3.8, 4) is 0 Å². The zero-order valence-corrected chi connectivity index (χ0v) is 11.4. The van der Waals surface area contributed by atoms with Crippen LogP contribution in [0.25, 0.3) is 0 Å². The molecule has 0 fully saturated rings. The van der Waals surface area contributed by atoms with E-state index in [0.717, 1.165) is 12.0 Å². The summed E-state index contributed by atoms with van der Waals surface area (Å²) in [5, 5.41) is 2.87. The van der Waals surface area contributed by atoms with Gasteiger partial charge in [0, 0.05) is 6.54 Å². The molecule has 0 aliphatic rings. The van der Waals surface area contributed by atoms with E-state index in [9.17, 15) is 4.79 Å².